The van der Waals surface area contributed by atoms with Crippen molar-refractivity contribution in [2.24, 2.45) is 4.99 Å². The molecule has 5 heteroatoms. The largest absolute Gasteiger partial charge is 0.496 e. The normalized spacial score (nSPS) is 12.7. The van der Waals surface area contributed by atoms with Gasteiger partial charge in [0.1, 0.15) is 5.75 Å². The molecule has 0 aliphatic heterocycles. The lowest BCUT2D eigenvalue weighted by Gasteiger charge is -2.27. The molecule has 0 spiro atoms. The van der Waals surface area contributed by atoms with Crippen molar-refractivity contribution in [3.05, 3.63) is 65.7 Å². The average Bonchev–Trinajstić information content (AvgIpc) is 2.67. The highest BCUT2D eigenvalue weighted by Gasteiger charge is 2.18. The van der Waals surface area contributed by atoms with Crippen molar-refractivity contribution < 1.29 is 4.74 Å². The van der Waals surface area contributed by atoms with Crippen molar-refractivity contribution in [2.45, 2.75) is 19.5 Å². The van der Waals surface area contributed by atoms with Crippen LogP contribution in [0.5, 0.6) is 5.75 Å². The molecule has 1 unspecified atom stereocenters. The minimum Gasteiger partial charge on any atom is -0.496 e. The maximum absolute atomic E-state index is 5.54. The molecule has 2 N–H and O–H groups in total. The van der Waals surface area contributed by atoms with E-state index in [0.717, 1.165) is 30.4 Å². The monoisotopic (exact) mass is 354 g/mol. The third kappa shape index (κ3) is 5.77. The number of benzene rings is 2. The number of rotatable bonds is 8. The van der Waals surface area contributed by atoms with Crippen LogP contribution in [0.1, 0.15) is 24.1 Å². The van der Waals surface area contributed by atoms with Crippen molar-refractivity contribution in [3.63, 3.8) is 0 Å². The van der Waals surface area contributed by atoms with E-state index >= 15 is 0 Å². The Morgan fingerprint density at radius 2 is 1.73 bits per heavy atom. The van der Waals surface area contributed by atoms with Gasteiger partial charge >= 0.3 is 0 Å². The van der Waals surface area contributed by atoms with E-state index < -0.39 is 0 Å². The third-order valence-electron chi connectivity index (χ3n) is 4.19. The van der Waals surface area contributed by atoms with Gasteiger partial charge in [0, 0.05) is 18.7 Å². The molecule has 2 aromatic carbocycles. The maximum Gasteiger partial charge on any atom is 0.191 e. The highest BCUT2D eigenvalue weighted by atomic mass is 16.5. The Bertz CT molecular complexity index is 685. The Kier molecular flexibility index (Phi) is 7.96. The van der Waals surface area contributed by atoms with Gasteiger partial charge < -0.3 is 20.3 Å². The van der Waals surface area contributed by atoms with E-state index in [1.165, 1.54) is 5.56 Å². The van der Waals surface area contributed by atoms with E-state index in [4.69, 9.17) is 9.73 Å². The van der Waals surface area contributed by atoms with Gasteiger partial charge in [-0.3, -0.25) is 0 Å². The van der Waals surface area contributed by atoms with Crippen molar-refractivity contribution >= 4 is 5.96 Å². The van der Waals surface area contributed by atoms with Gasteiger partial charge in [-0.25, -0.2) is 4.99 Å². The van der Waals surface area contributed by atoms with E-state index in [1.54, 1.807) is 7.11 Å². The molecule has 0 aromatic heterocycles. The fourth-order valence-corrected chi connectivity index (χ4v) is 2.80. The van der Waals surface area contributed by atoms with Crippen LogP contribution in [0.15, 0.2) is 59.6 Å². The predicted molar refractivity (Wildman–Crippen MR) is 109 cm³/mol. The minimum atomic E-state index is 0.173. The first-order valence-corrected chi connectivity index (χ1v) is 9.01. The first-order chi connectivity index (χ1) is 12.7. The van der Waals surface area contributed by atoms with Crippen LogP contribution in [0.2, 0.25) is 0 Å². The van der Waals surface area contributed by atoms with E-state index in [2.05, 4.69) is 54.8 Å². The minimum absolute atomic E-state index is 0.173. The predicted octanol–water partition coefficient (Wildman–Crippen LogP) is 3.05. The molecule has 0 heterocycles. The summed E-state index contributed by atoms with van der Waals surface area (Å²) in [5.74, 6) is 1.72. The average molecular weight is 354 g/mol. The van der Waals surface area contributed by atoms with Gasteiger partial charge in [-0.05, 0) is 32.6 Å². The molecule has 0 aliphatic carbocycles. The Hall–Kier alpha value is -2.53. The number of nitrogens with zero attached hydrogens (tertiary/aromatic N) is 2. The molecule has 0 saturated heterocycles. The Morgan fingerprint density at radius 3 is 2.38 bits per heavy atom. The molecule has 0 fully saturated rings. The fourth-order valence-electron chi connectivity index (χ4n) is 2.80. The van der Waals surface area contributed by atoms with Crippen LogP contribution in [0, 0.1) is 0 Å². The van der Waals surface area contributed by atoms with Crippen molar-refractivity contribution in [1.82, 2.24) is 15.5 Å². The van der Waals surface area contributed by atoms with E-state index in [-0.39, 0.29) is 6.04 Å². The van der Waals surface area contributed by atoms with Crippen molar-refractivity contribution in [2.75, 3.05) is 34.3 Å². The lowest BCUT2D eigenvalue weighted by Crippen LogP contribution is -2.41. The molecule has 5 nitrogen and oxygen atoms in total. The Balaban J connectivity index is 2.09. The number of aliphatic imine (C=N–C) groups is 1. The van der Waals surface area contributed by atoms with Gasteiger partial charge in [0.25, 0.3) is 0 Å². The van der Waals surface area contributed by atoms with Gasteiger partial charge in [0.15, 0.2) is 5.96 Å². The summed E-state index contributed by atoms with van der Waals surface area (Å²) < 4.78 is 5.54. The van der Waals surface area contributed by atoms with Crippen LogP contribution in [-0.2, 0) is 6.54 Å². The number of nitrogens with one attached hydrogen (secondary N) is 2. The number of ether oxygens (including phenoxy) is 1. The quantitative estimate of drug-likeness (QED) is 0.565. The molecule has 26 heavy (non-hydrogen) atoms. The third-order valence-corrected chi connectivity index (χ3v) is 4.19. The number of guanidine groups is 1. The van der Waals surface area contributed by atoms with E-state index in [0.29, 0.717) is 6.54 Å². The van der Waals surface area contributed by atoms with Crippen molar-refractivity contribution in [3.8, 4) is 5.75 Å². The molecule has 2 rings (SSSR count). The second kappa shape index (κ2) is 10.5. The fraction of sp³-hybridized carbons (Fsp3) is 0.381. The summed E-state index contributed by atoms with van der Waals surface area (Å²) >= 11 is 0. The topological polar surface area (TPSA) is 48.9 Å². The highest BCUT2D eigenvalue weighted by Crippen LogP contribution is 2.27. The van der Waals surface area contributed by atoms with Crippen LogP contribution >= 0.6 is 0 Å². The molecule has 0 bridgehead atoms. The molecular formula is C21H30N4O. The second-order valence-corrected chi connectivity index (χ2v) is 6.28. The summed E-state index contributed by atoms with van der Waals surface area (Å²) in [5, 5.41) is 6.78. The van der Waals surface area contributed by atoms with Gasteiger partial charge in [0.2, 0.25) is 0 Å². The Labute approximate surface area is 157 Å². The summed E-state index contributed by atoms with van der Waals surface area (Å²) in [6, 6.07) is 18.6. The summed E-state index contributed by atoms with van der Waals surface area (Å²) in [4.78, 5) is 6.88. The molecule has 0 saturated carbocycles. The molecule has 140 valence electrons. The summed E-state index contributed by atoms with van der Waals surface area (Å²) in [5.41, 5.74) is 2.35. The zero-order valence-corrected chi connectivity index (χ0v) is 16.2. The Morgan fingerprint density at radius 1 is 1.04 bits per heavy atom. The number of likely N-dealkylation sites (N-methyl/N-ethyl adjacent to an activating group) is 1. The number of methoxy groups -OCH3 is 1. The molecule has 2 aromatic rings. The van der Waals surface area contributed by atoms with Crippen molar-refractivity contribution in [1.29, 1.82) is 0 Å². The zero-order valence-electron chi connectivity index (χ0n) is 16.2. The molecule has 0 radical (unpaired) electrons. The highest BCUT2D eigenvalue weighted by molar-refractivity contribution is 5.79. The van der Waals surface area contributed by atoms with Crippen LogP contribution in [0.4, 0.5) is 0 Å². The van der Waals surface area contributed by atoms with Gasteiger partial charge in [-0.15, -0.1) is 0 Å². The van der Waals surface area contributed by atoms with Gasteiger partial charge in [-0.2, -0.15) is 0 Å². The van der Waals surface area contributed by atoms with E-state index in [1.807, 2.05) is 36.4 Å². The molecular weight excluding hydrogens is 324 g/mol. The van der Waals surface area contributed by atoms with Gasteiger partial charge in [0.05, 0.1) is 19.7 Å². The zero-order chi connectivity index (χ0) is 18.8. The SMILES string of the molecule is CCNC(=NCc1ccccc1)NCC(c1ccccc1OC)N(C)C. The summed E-state index contributed by atoms with van der Waals surface area (Å²) in [6.45, 7) is 4.27. The summed E-state index contributed by atoms with van der Waals surface area (Å²) in [7, 11) is 5.87. The second-order valence-electron chi connectivity index (χ2n) is 6.28. The standard InChI is InChI=1S/C21H30N4O/c1-5-22-21(23-15-17-11-7-6-8-12-17)24-16-19(25(2)3)18-13-9-10-14-20(18)26-4/h6-14,19H,5,15-16H2,1-4H3,(H2,22,23,24). The van der Waals surface area contributed by atoms with Crippen LogP contribution < -0.4 is 15.4 Å². The van der Waals surface area contributed by atoms with Crippen LogP contribution in [0.3, 0.4) is 0 Å². The molecule has 0 aliphatic rings. The molecule has 1 atom stereocenters. The first-order valence-electron chi connectivity index (χ1n) is 9.01. The lowest BCUT2D eigenvalue weighted by molar-refractivity contribution is 0.287. The number of hydrogen-bond donors (Lipinski definition) is 2. The number of para-hydroxylation sites is 1. The van der Waals surface area contributed by atoms with Crippen LogP contribution in [-0.4, -0.2) is 45.2 Å². The maximum atomic E-state index is 5.54. The van der Waals surface area contributed by atoms with Gasteiger partial charge in [-0.1, -0.05) is 48.5 Å². The lowest BCUT2D eigenvalue weighted by atomic mass is 10.0. The van der Waals surface area contributed by atoms with Crippen LogP contribution in [0.25, 0.3) is 0 Å². The number of hydrogen-bond acceptors (Lipinski definition) is 3. The van der Waals surface area contributed by atoms with E-state index in [9.17, 15) is 0 Å². The first kappa shape index (κ1) is 19.8. The molecule has 0 amide bonds. The smallest absolute Gasteiger partial charge is 0.191 e. The summed E-state index contributed by atoms with van der Waals surface area (Å²) in [6.07, 6.45) is 0.